The summed E-state index contributed by atoms with van der Waals surface area (Å²) in [6.07, 6.45) is 1.42. The zero-order valence-corrected chi connectivity index (χ0v) is 9.99. The van der Waals surface area contributed by atoms with Crippen LogP contribution in [0.5, 0.6) is 0 Å². The maximum absolute atomic E-state index is 11.5. The molecule has 2 atom stereocenters. The predicted octanol–water partition coefficient (Wildman–Crippen LogP) is 0.700. The molecular weight excluding hydrogens is 192 g/mol. The molecule has 0 aliphatic heterocycles. The fourth-order valence-corrected chi connectivity index (χ4v) is 1.24. The van der Waals surface area contributed by atoms with Gasteiger partial charge in [-0.1, -0.05) is 27.7 Å². The molecule has 0 saturated heterocycles. The first-order valence-electron chi connectivity index (χ1n) is 5.39. The van der Waals surface area contributed by atoms with Gasteiger partial charge in [0.2, 0.25) is 5.91 Å². The van der Waals surface area contributed by atoms with Crippen LogP contribution in [0.1, 0.15) is 34.1 Å². The van der Waals surface area contributed by atoms with Gasteiger partial charge in [0, 0.05) is 0 Å². The largest absolute Gasteiger partial charge is 0.345 e. The second-order valence-corrected chi connectivity index (χ2v) is 4.65. The van der Waals surface area contributed by atoms with E-state index in [1.54, 1.807) is 0 Å². The van der Waals surface area contributed by atoms with Crippen molar-refractivity contribution in [3.63, 3.8) is 0 Å². The van der Waals surface area contributed by atoms with Crippen molar-refractivity contribution in [3.8, 4) is 0 Å². The monoisotopic (exact) mass is 214 g/mol. The van der Waals surface area contributed by atoms with Crippen LogP contribution >= 0.6 is 0 Å². The van der Waals surface area contributed by atoms with Gasteiger partial charge >= 0.3 is 0 Å². The van der Waals surface area contributed by atoms with E-state index in [2.05, 4.69) is 5.32 Å². The Morgan fingerprint density at radius 3 is 2.20 bits per heavy atom. The Bertz CT molecular complexity index is 215. The van der Waals surface area contributed by atoms with E-state index in [9.17, 15) is 9.59 Å². The van der Waals surface area contributed by atoms with Gasteiger partial charge in [0.1, 0.15) is 6.29 Å². The lowest BCUT2D eigenvalue weighted by Crippen LogP contribution is -2.48. The molecule has 15 heavy (non-hydrogen) atoms. The van der Waals surface area contributed by atoms with Crippen molar-refractivity contribution in [3.05, 3.63) is 0 Å². The zero-order chi connectivity index (χ0) is 12.0. The van der Waals surface area contributed by atoms with Crippen LogP contribution in [-0.4, -0.2) is 24.3 Å². The van der Waals surface area contributed by atoms with Crippen molar-refractivity contribution in [2.45, 2.75) is 46.2 Å². The topological polar surface area (TPSA) is 72.2 Å². The third-order valence-electron chi connectivity index (χ3n) is 2.24. The normalized spacial score (nSPS) is 15.1. The molecule has 1 amide bonds. The van der Waals surface area contributed by atoms with Crippen LogP contribution < -0.4 is 11.1 Å². The zero-order valence-electron chi connectivity index (χ0n) is 9.99. The van der Waals surface area contributed by atoms with Crippen LogP contribution in [0.2, 0.25) is 0 Å². The van der Waals surface area contributed by atoms with E-state index in [0.29, 0.717) is 12.3 Å². The molecule has 0 radical (unpaired) electrons. The van der Waals surface area contributed by atoms with Crippen molar-refractivity contribution in [1.82, 2.24) is 5.32 Å². The van der Waals surface area contributed by atoms with E-state index in [1.807, 2.05) is 27.7 Å². The first kappa shape index (κ1) is 14.1. The fourth-order valence-electron chi connectivity index (χ4n) is 1.24. The maximum atomic E-state index is 11.5. The molecule has 0 spiro atoms. The molecule has 0 fully saturated rings. The molecule has 3 N–H and O–H groups in total. The van der Waals surface area contributed by atoms with Gasteiger partial charge in [-0.25, -0.2) is 0 Å². The van der Waals surface area contributed by atoms with Crippen LogP contribution in [0.15, 0.2) is 0 Å². The fraction of sp³-hybridized carbons (Fsp3) is 0.818. The van der Waals surface area contributed by atoms with Crippen LogP contribution in [0.4, 0.5) is 0 Å². The van der Waals surface area contributed by atoms with Crippen LogP contribution in [0.3, 0.4) is 0 Å². The summed E-state index contributed by atoms with van der Waals surface area (Å²) >= 11 is 0. The number of hydrogen-bond donors (Lipinski definition) is 2. The minimum Gasteiger partial charge on any atom is -0.345 e. The van der Waals surface area contributed by atoms with Crippen LogP contribution in [0, 0.1) is 11.8 Å². The van der Waals surface area contributed by atoms with Gasteiger partial charge in [0.05, 0.1) is 12.1 Å². The third-order valence-corrected chi connectivity index (χ3v) is 2.24. The minimum absolute atomic E-state index is 0.0800. The average molecular weight is 214 g/mol. The van der Waals surface area contributed by atoms with Crippen LogP contribution in [-0.2, 0) is 9.59 Å². The molecule has 0 aromatic heterocycles. The van der Waals surface area contributed by atoms with E-state index in [0.717, 1.165) is 6.29 Å². The number of carbonyl (C=O) groups excluding carboxylic acids is 2. The number of hydrogen-bond acceptors (Lipinski definition) is 3. The molecule has 4 heteroatoms. The summed E-state index contributed by atoms with van der Waals surface area (Å²) in [5.74, 6) is 0.204. The van der Waals surface area contributed by atoms with Crippen molar-refractivity contribution < 1.29 is 9.59 Å². The number of aldehydes is 1. The summed E-state index contributed by atoms with van der Waals surface area (Å²) in [4.78, 5) is 22.3. The lowest BCUT2D eigenvalue weighted by atomic mass is 10.0. The Labute approximate surface area is 91.6 Å². The van der Waals surface area contributed by atoms with E-state index in [1.165, 1.54) is 0 Å². The van der Waals surface area contributed by atoms with Gasteiger partial charge in [-0.2, -0.15) is 0 Å². The SMILES string of the molecule is CC(C)CC(C=O)NC(=O)[C@@H](N)C(C)C. The Morgan fingerprint density at radius 2 is 1.87 bits per heavy atom. The number of nitrogens with two attached hydrogens (primary N) is 1. The van der Waals surface area contributed by atoms with Gasteiger partial charge in [0.15, 0.2) is 0 Å². The number of amides is 1. The summed E-state index contributed by atoms with van der Waals surface area (Å²) in [7, 11) is 0. The maximum Gasteiger partial charge on any atom is 0.237 e. The molecule has 0 heterocycles. The number of rotatable bonds is 6. The highest BCUT2D eigenvalue weighted by molar-refractivity contribution is 5.84. The van der Waals surface area contributed by atoms with E-state index in [-0.39, 0.29) is 11.8 Å². The number of carbonyl (C=O) groups is 2. The van der Waals surface area contributed by atoms with Gasteiger partial charge in [-0.15, -0.1) is 0 Å². The summed E-state index contributed by atoms with van der Waals surface area (Å²) in [5, 5.41) is 2.65. The molecule has 4 nitrogen and oxygen atoms in total. The highest BCUT2D eigenvalue weighted by Gasteiger charge is 2.20. The first-order chi connectivity index (χ1) is 6.88. The van der Waals surface area contributed by atoms with Crippen LogP contribution in [0.25, 0.3) is 0 Å². The molecule has 0 aromatic rings. The van der Waals surface area contributed by atoms with Gasteiger partial charge in [0.25, 0.3) is 0 Å². The van der Waals surface area contributed by atoms with Crippen molar-refractivity contribution in [2.75, 3.05) is 0 Å². The highest BCUT2D eigenvalue weighted by Crippen LogP contribution is 2.04. The third kappa shape index (κ3) is 5.52. The quantitative estimate of drug-likeness (QED) is 0.639. The lowest BCUT2D eigenvalue weighted by Gasteiger charge is -2.19. The summed E-state index contributed by atoms with van der Waals surface area (Å²) in [6, 6.07) is -0.957. The standard InChI is InChI=1S/C11H22N2O2/c1-7(2)5-9(6-14)13-11(15)10(12)8(3)4/h6-10H,5,12H2,1-4H3,(H,13,15)/t9?,10-/m0/s1. The molecule has 0 aliphatic rings. The van der Waals surface area contributed by atoms with Crippen molar-refractivity contribution >= 4 is 12.2 Å². The summed E-state index contributed by atoms with van der Waals surface area (Å²) < 4.78 is 0. The predicted molar refractivity (Wildman–Crippen MR) is 60.3 cm³/mol. The Morgan fingerprint density at radius 1 is 1.33 bits per heavy atom. The molecule has 0 bridgehead atoms. The van der Waals surface area contributed by atoms with E-state index < -0.39 is 12.1 Å². The number of nitrogens with one attached hydrogen (secondary N) is 1. The van der Waals surface area contributed by atoms with Gasteiger partial charge < -0.3 is 15.8 Å². The minimum atomic E-state index is -0.542. The second-order valence-electron chi connectivity index (χ2n) is 4.65. The van der Waals surface area contributed by atoms with Gasteiger partial charge in [-0.05, 0) is 18.3 Å². The summed E-state index contributed by atoms with van der Waals surface area (Å²) in [5.41, 5.74) is 5.67. The first-order valence-corrected chi connectivity index (χ1v) is 5.39. The van der Waals surface area contributed by atoms with Gasteiger partial charge in [-0.3, -0.25) is 4.79 Å². The lowest BCUT2D eigenvalue weighted by molar-refractivity contribution is -0.126. The molecule has 88 valence electrons. The molecule has 1 unspecified atom stereocenters. The van der Waals surface area contributed by atoms with Crippen molar-refractivity contribution in [1.29, 1.82) is 0 Å². The van der Waals surface area contributed by atoms with Crippen molar-refractivity contribution in [2.24, 2.45) is 17.6 Å². The van der Waals surface area contributed by atoms with E-state index in [4.69, 9.17) is 5.73 Å². The Balaban J connectivity index is 4.18. The average Bonchev–Trinajstić information content (AvgIpc) is 2.14. The molecule has 0 saturated carbocycles. The second kappa shape index (κ2) is 6.56. The Kier molecular flexibility index (Phi) is 6.17. The molecular formula is C11H22N2O2. The molecule has 0 aliphatic carbocycles. The Hall–Kier alpha value is -0.900. The summed E-state index contributed by atoms with van der Waals surface area (Å²) in [6.45, 7) is 7.77. The highest BCUT2D eigenvalue weighted by atomic mass is 16.2. The van der Waals surface area contributed by atoms with E-state index >= 15 is 0 Å². The molecule has 0 rings (SSSR count). The smallest absolute Gasteiger partial charge is 0.237 e. The molecule has 0 aromatic carbocycles.